The molecule has 2 rings (SSSR count). The molecule has 0 bridgehead atoms. The van der Waals surface area contributed by atoms with Gasteiger partial charge in [-0.25, -0.2) is 0 Å². The number of benzene rings is 1. The lowest BCUT2D eigenvalue weighted by atomic mass is 10.3. The van der Waals surface area contributed by atoms with Crippen LogP contribution in [0.2, 0.25) is 19.6 Å². The lowest BCUT2D eigenvalue weighted by Crippen LogP contribution is -2.38. The summed E-state index contributed by atoms with van der Waals surface area (Å²) in [6, 6.07) is 6.09. The minimum absolute atomic E-state index is 0.826. The normalized spacial score (nSPS) is 14.2. The van der Waals surface area contributed by atoms with Gasteiger partial charge in [-0.05, 0) is 11.3 Å². The maximum absolute atomic E-state index is 5.51. The maximum atomic E-state index is 5.51. The van der Waals surface area contributed by atoms with Crippen molar-refractivity contribution in [1.82, 2.24) is 0 Å². The highest BCUT2D eigenvalue weighted by Crippen LogP contribution is 2.29. The quantitative estimate of drug-likeness (QED) is 0.657. The lowest BCUT2D eigenvalue weighted by Gasteiger charge is -2.23. The zero-order chi connectivity index (χ0) is 10.2. The standard InChI is InChI=1S/C11H14O2Si/c1-14(2,3)10-6-4-5-9-11(10)13-8-7-12-9/h4-8H,1-3H3. The average Bonchev–Trinajstić information content (AvgIpc) is 2.15. The van der Waals surface area contributed by atoms with Crippen LogP contribution >= 0.6 is 0 Å². The van der Waals surface area contributed by atoms with E-state index in [1.807, 2.05) is 12.1 Å². The summed E-state index contributed by atoms with van der Waals surface area (Å²) in [6.07, 6.45) is 3.16. The number of hydrogen-bond acceptors (Lipinski definition) is 2. The van der Waals surface area contributed by atoms with E-state index in [1.165, 1.54) is 5.19 Å². The van der Waals surface area contributed by atoms with Crippen molar-refractivity contribution in [2.45, 2.75) is 19.6 Å². The van der Waals surface area contributed by atoms with Gasteiger partial charge in [0.2, 0.25) is 0 Å². The number of hydrogen-bond donors (Lipinski definition) is 0. The molecule has 1 aliphatic heterocycles. The number of rotatable bonds is 1. The first-order chi connectivity index (χ1) is 6.59. The van der Waals surface area contributed by atoms with E-state index in [1.54, 1.807) is 12.5 Å². The third kappa shape index (κ3) is 1.55. The van der Waals surface area contributed by atoms with Crippen LogP contribution in [0, 0.1) is 0 Å². The van der Waals surface area contributed by atoms with Gasteiger partial charge in [0.25, 0.3) is 0 Å². The minimum Gasteiger partial charge on any atom is -0.458 e. The molecule has 3 heteroatoms. The van der Waals surface area contributed by atoms with Crippen LogP contribution in [0.15, 0.2) is 30.7 Å². The van der Waals surface area contributed by atoms with Crippen LogP contribution in [0.4, 0.5) is 0 Å². The fourth-order valence-electron chi connectivity index (χ4n) is 1.52. The summed E-state index contributed by atoms with van der Waals surface area (Å²) < 4.78 is 10.9. The maximum Gasteiger partial charge on any atom is 0.169 e. The van der Waals surface area contributed by atoms with Gasteiger partial charge in [0.1, 0.15) is 12.5 Å². The van der Waals surface area contributed by atoms with Crippen molar-refractivity contribution in [1.29, 1.82) is 0 Å². The molecule has 1 aliphatic rings. The highest BCUT2D eigenvalue weighted by atomic mass is 28.3. The zero-order valence-electron chi connectivity index (χ0n) is 8.70. The first-order valence-corrected chi connectivity index (χ1v) is 8.21. The first kappa shape index (κ1) is 9.34. The Morgan fingerprint density at radius 3 is 2.43 bits per heavy atom. The fraction of sp³-hybridized carbons (Fsp3) is 0.273. The SMILES string of the molecule is C[Si](C)(C)c1cccc2c1OC=CO2. The molecular weight excluding hydrogens is 192 g/mol. The van der Waals surface area contributed by atoms with Crippen molar-refractivity contribution in [3.05, 3.63) is 30.7 Å². The number of fused-ring (bicyclic) bond motifs is 1. The van der Waals surface area contributed by atoms with Crippen LogP contribution in [-0.2, 0) is 0 Å². The summed E-state index contributed by atoms with van der Waals surface area (Å²) in [5, 5.41) is 1.30. The van der Waals surface area contributed by atoms with Gasteiger partial charge >= 0.3 is 0 Å². The molecule has 1 heterocycles. The monoisotopic (exact) mass is 206 g/mol. The van der Waals surface area contributed by atoms with Crippen molar-refractivity contribution in [3.63, 3.8) is 0 Å². The van der Waals surface area contributed by atoms with E-state index in [9.17, 15) is 0 Å². The van der Waals surface area contributed by atoms with Gasteiger partial charge in [-0.3, -0.25) is 0 Å². The van der Waals surface area contributed by atoms with Crippen LogP contribution in [-0.4, -0.2) is 8.07 Å². The van der Waals surface area contributed by atoms with Crippen molar-refractivity contribution >= 4 is 13.3 Å². The predicted octanol–water partition coefficient (Wildman–Crippen LogP) is 2.47. The second-order valence-corrected chi connectivity index (χ2v) is 9.43. The lowest BCUT2D eigenvalue weighted by molar-refractivity contribution is 0.364. The third-order valence-electron chi connectivity index (χ3n) is 2.22. The van der Waals surface area contributed by atoms with Crippen LogP contribution in [0.1, 0.15) is 0 Å². The van der Waals surface area contributed by atoms with E-state index in [0.717, 1.165) is 11.5 Å². The van der Waals surface area contributed by atoms with Crippen LogP contribution in [0.5, 0.6) is 11.5 Å². The molecule has 0 saturated carbocycles. The average molecular weight is 206 g/mol. The molecule has 0 atom stereocenters. The Balaban J connectivity index is 2.54. The van der Waals surface area contributed by atoms with Gasteiger partial charge < -0.3 is 9.47 Å². The molecule has 0 amide bonds. The Labute approximate surface area is 85.2 Å². The van der Waals surface area contributed by atoms with E-state index in [-0.39, 0.29) is 0 Å². The molecule has 1 aromatic carbocycles. The Morgan fingerprint density at radius 1 is 1.00 bits per heavy atom. The first-order valence-electron chi connectivity index (χ1n) is 4.71. The fourth-order valence-corrected chi connectivity index (χ4v) is 2.98. The summed E-state index contributed by atoms with van der Waals surface area (Å²) in [4.78, 5) is 0. The largest absolute Gasteiger partial charge is 0.458 e. The van der Waals surface area contributed by atoms with E-state index in [0.29, 0.717) is 0 Å². The molecule has 0 N–H and O–H groups in total. The molecule has 74 valence electrons. The molecule has 0 spiro atoms. The summed E-state index contributed by atoms with van der Waals surface area (Å²) in [5.74, 6) is 1.72. The minimum atomic E-state index is -1.35. The highest BCUT2D eigenvalue weighted by molar-refractivity contribution is 6.89. The summed E-state index contributed by atoms with van der Waals surface area (Å²) >= 11 is 0. The number of ether oxygens (including phenoxy) is 2. The van der Waals surface area contributed by atoms with Gasteiger partial charge in [-0.15, -0.1) is 0 Å². The molecule has 14 heavy (non-hydrogen) atoms. The topological polar surface area (TPSA) is 18.5 Å². The van der Waals surface area contributed by atoms with E-state index in [2.05, 4.69) is 25.7 Å². The van der Waals surface area contributed by atoms with Crippen molar-refractivity contribution in [3.8, 4) is 11.5 Å². The second kappa shape index (κ2) is 3.17. The highest BCUT2D eigenvalue weighted by Gasteiger charge is 2.24. The smallest absolute Gasteiger partial charge is 0.169 e. The van der Waals surface area contributed by atoms with E-state index in [4.69, 9.17) is 9.47 Å². The van der Waals surface area contributed by atoms with Crippen molar-refractivity contribution in [2.75, 3.05) is 0 Å². The summed E-state index contributed by atoms with van der Waals surface area (Å²) in [5.41, 5.74) is 0. The van der Waals surface area contributed by atoms with Gasteiger partial charge in [0.05, 0.1) is 8.07 Å². The molecule has 0 aliphatic carbocycles. The van der Waals surface area contributed by atoms with Crippen LogP contribution in [0.25, 0.3) is 0 Å². The van der Waals surface area contributed by atoms with E-state index >= 15 is 0 Å². The van der Waals surface area contributed by atoms with Gasteiger partial charge in [-0.2, -0.15) is 0 Å². The number of para-hydroxylation sites is 1. The molecule has 0 radical (unpaired) electrons. The van der Waals surface area contributed by atoms with Crippen molar-refractivity contribution < 1.29 is 9.47 Å². The Hall–Kier alpha value is -1.22. The van der Waals surface area contributed by atoms with Crippen LogP contribution in [0.3, 0.4) is 0 Å². The van der Waals surface area contributed by atoms with Gasteiger partial charge in [-0.1, -0.05) is 31.8 Å². The Morgan fingerprint density at radius 2 is 1.71 bits per heavy atom. The van der Waals surface area contributed by atoms with E-state index < -0.39 is 8.07 Å². The molecule has 1 aromatic rings. The second-order valence-electron chi connectivity index (χ2n) is 4.39. The van der Waals surface area contributed by atoms with Crippen LogP contribution < -0.4 is 14.7 Å². The van der Waals surface area contributed by atoms with Crippen molar-refractivity contribution in [2.24, 2.45) is 0 Å². The van der Waals surface area contributed by atoms with Gasteiger partial charge in [0, 0.05) is 0 Å². The van der Waals surface area contributed by atoms with Gasteiger partial charge in [0.15, 0.2) is 11.5 Å². The summed E-state index contributed by atoms with van der Waals surface area (Å²) in [6.45, 7) is 6.89. The molecular formula is C11H14O2Si. The molecule has 0 saturated heterocycles. The molecule has 0 fully saturated rings. The predicted molar refractivity (Wildman–Crippen MR) is 59.8 cm³/mol. The Kier molecular flexibility index (Phi) is 2.11. The summed E-state index contributed by atoms with van der Waals surface area (Å²) in [7, 11) is -1.35. The Bertz CT molecular complexity index is 377. The molecule has 0 aromatic heterocycles. The molecule has 0 unspecified atom stereocenters. The third-order valence-corrected chi connectivity index (χ3v) is 4.23. The zero-order valence-corrected chi connectivity index (χ0v) is 9.70. The molecule has 2 nitrogen and oxygen atoms in total.